The lowest BCUT2D eigenvalue weighted by Crippen LogP contribution is -2.32. The second-order valence-electron chi connectivity index (χ2n) is 8.97. The zero-order chi connectivity index (χ0) is 28.5. The van der Waals surface area contributed by atoms with Crippen LogP contribution in [0.3, 0.4) is 0 Å². The van der Waals surface area contributed by atoms with Crippen molar-refractivity contribution in [1.29, 1.82) is 0 Å². The zero-order valence-electron chi connectivity index (χ0n) is 21.5. The molecule has 0 aromatic heterocycles. The van der Waals surface area contributed by atoms with Crippen LogP contribution in [0.25, 0.3) is 0 Å². The van der Waals surface area contributed by atoms with Crippen LogP contribution in [0.2, 0.25) is 0 Å². The minimum atomic E-state index is -5.72. The summed E-state index contributed by atoms with van der Waals surface area (Å²) in [5.41, 5.74) is -4.60. The Kier molecular flexibility index (Phi) is 11.4. The lowest BCUT2D eigenvalue weighted by Gasteiger charge is -2.32. The molecule has 0 amide bonds. The van der Waals surface area contributed by atoms with E-state index in [1.165, 1.54) is 12.1 Å². The van der Waals surface area contributed by atoms with E-state index < -0.39 is 21.5 Å². The van der Waals surface area contributed by atoms with Crippen molar-refractivity contribution in [3.8, 4) is 0 Å². The van der Waals surface area contributed by atoms with E-state index in [1.54, 1.807) is 4.72 Å². The van der Waals surface area contributed by atoms with Crippen molar-refractivity contribution < 1.29 is 31.1 Å². The van der Waals surface area contributed by atoms with Crippen molar-refractivity contribution in [2.75, 3.05) is 29.3 Å². The Morgan fingerprint density at radius 3 is 2.63 bits per heavy atom. The molecule has 1 aromatic rings. The second kappa shape index (κ2) is 13.8. The zero-order valence-corrected chi connectivity index (χ0v) is 23.2. The molecular weight excluding hydrogens is 545 g/mol. The molecule has 0 spiro atoms. The number of hydrogen-bond donors (Lipinski definition) is 2. The van der Waals surface area contributed by atoms with Crippen molar-refractivity contribution in [2.24, 2.45) is 27.1 Å². The van der Waals surface area contributed by atoms with Crippen LogP contribution in [-0.2, 0) is 26.0 Å². The number of rotatable bonds is 11. The van der Waals surface area contributed by atoms with Gasteiger partial charge in [-0.1, -0.05) is 40.2 Å². The van der Waals surface area contributed by atoms with Crippen molar-refractivity contribution in [3.63, 3.8) is 0 Å². The monoisotopic (exact) mass is 578 g/mol. The first-order valence-corrected chi connectivity index (χ1v) is 14.3. The van der Waals surface area contributed by atoms with Gasteiger partial charge in [0.2, 0.25) is 5.04 Å². The summed E-state index contributed by atoms with van der Waals surface area (Å²) in [5, 5.41) is 10.9. The predicted octanol–water partition coefficient (Wildman–Crippen LogP) is 5.65. The molecule has 1 heterocycles. The van der Waals surface area contributed by atoms with E-state index in [-0.39, 0.29) is 34.0 Å². The number of anilines is 2. The molecule has 0 saturated heterocycles. The molecule has 0 fully saturated rings. The number of thioether (sulfide) groups is 1. The summed E-state index contributed by atoms with van der Waals surface area (Å²) >= 11 is 0.656. The molecule has 0 radical (unpaired) electrons. The minimum absolute atomic E-state index is 0.0701. The molecule has 1 aliphatic heterocycles. The van der Waals surface area contributed by atoms with Gasteiger partial charge in [0.25, 0.3) is 0 Å². The number of carbonyl (C=O) groups excluding carboxylic acids is 1. The van der Waals surface area contributed by atoms with Gasteiger partial charge < -0.3 is 15.5 Å². The van der Waals surface area contributed by atoms with E-state index in [2.05, 4.69) is 28.8 Å². The van der Waals surface area contributed by atoms with Crippen LogP contribution < -0.4 is 15.5 Å². The number of fused-ring (bicyclic) bond motifs is 1. The van der Waals surface area contributed by atoms with E-state index in [9.17, 15) is 26.4 Å². The number of hydrazone groups is 1. The molecule has 38 heavy (non-hydrogen) atoms. The number of nitrogens with one attached hydrogen (secondary N) is 1. The van der Waals surface area contributed by atoms with Gasteiger partial charge in [0.05, 0.1) is 12.3 Å². The number of nitrogens with zero attached hydrogens (tertiary/aromatic N) is 4. The third-order valence-electron chi connectivity index (χ3n) is 5.32. The van der Waals surface area contributed by atoms with Gasteiger partial charge in [-0.2, -0.15) is 26.7 Å². The molecule has 0 bridgehead atoms. The van der Waals surface area contributed by atoms with Gasteiger partial charge in [0, 0.05) is 18.8 Å². The first kappa shape index (κ1) is 31.4. The first-order valence-electron chi connectivity index (χ1n) is 12.0. The molecule has 0 unspecified atom stereocenters. The topological polar surface area (TPSA) is 139 Å². The number of alkyl halides is 3. The summed E-state index contributed by atoms with van der Waals surface area (Å²) in [6.45, 7) is 10.9. The number of benzene rings is 1. The number of halogens is 3. The summed E-state index contributed by atoms with van der Waals surface area (Å²) < 4.78 is 70.0. The number of ether oxygens (including phenoxy) is 1. The van der Waals surface area contributed by atoms with E-state index in [0.29, 0.717) is 37.0 Å². The highest BCUT2D eigenvalue weighted by molar-refractivity contribution is 8.18. The van der Waals surface area contributed by atoms with Gasteiger partial charge in [-0.25, -0.2) is 4.79 Å². The highest BCUT2D eigenvalue weighted by atomic mass is 32.2. The number of nitrogens with two attached hydrogens (primary N) is 1. The van der Waals surface area contributed by atoms with Crippen molar-refractivity contribution in [3.05, 3.63) is 29.3 Å². The Morgan fingerprint density at radius 1 is 1.32 bits per heavy atom. The summed E-state index contributed by atoms with van der Waals surface area (Å²) in [4.78, 5) is 14.2. The third-order valence-corrected chi connectivity index (χ3v) is 7.20. The van der Waals surface area contributed by atoms with Crippen LogP contribution in [-0.4, -0.2) is 44.6 Å². The maximum atomic E-state index is 13.2. The van der Waals surface area contributed by atoms with Gasteiger partial charge in [0.15, 0.2) is 0 Å². The van der Waals surface area contributed by atoms with Gasteiger partial charge in [0.1, 0.15) is 10.7 Å². The van der Waals surface area contributed by atoms with Crippen molar-refractivity contribution >= 4 is 49.9 Å². The van der Waals surface area contributed by atoms with E-state index in [1.807, 2.05) is 18.7 Å². The van der Waals surface area contributed by atoms with Crippen LogP contribution in [0.4, 0.5) is 30.2 Å². The molecule has 3 N–H and O–H groups in total. The Balaban J connectivity index is 2.37. The van der Waals surface area contributed by atoms with Crippen LogP contribution in [0, 0.1) is 5.92 Å². The molecule has 1 aliphatic rings. The molecular formula is C23H33F3N6O4S2. The largest absolute Gasteiger partial charge is 0.516 e. The lowest BCUT2D eigenvalue weighted by atomic mass is 9.99. The fourth-order valence-corrected chi connectivity index (χ4v) is 4.58. The second-order valence-corrected chi connectivity index (χ2v) is 11.7. The summed E-state index contributed by atoms with van der Waals surface area (Å²) in [5.74, 6) is 4.55. The number of sulfonamides is 1. The number of esters is 1. The molecule has 0 aliphatic carbocycles. The average Bonchev–Trinajstić information content (AvgIpc) is 2.84. The standard InChI is InChI=1S/C23H33F3N6O4S2/c1-5-6-7-10-32-11-8-9-17-12-18(19(13-20(17)32)31-38(34,35)23(24,25)26)30-29-16(4)37-21(28-27)22(33)36-14-15(2)3/h12-13,15,31H,4-11,14,27H2,1-3H3/b28-21-,30-29?. The number of aryl methyl sites for hydroxylation is 1. The Bertz CT molecular complexity index is 1170. The smallest absolute Gasteiger partial charge is 0.460 e. The Labute approximate surface area is 225 Å². The highest BCUT2D eigenvalue weighted by Crippen LogP contribution is 2.39. The SMILES string of the molecule is C=C(N=Nc1cc2c(cc1NS(=O)(=O)C(F)(F)F)N(CCCCC)CCC2)S/C(=N\N)C(=O)OCC(C)C. The maximum Gasteiger partial charge on any atom is 0.516 e. The predicted molar refractivity (Wildman–Crippen MR) is 144 cm³/mol. The van der Waals surface area contributed by atoms with Crippen LogP contribution in [0.5, 0.6) is 0 Å². The summed E-state index contributed by atoms with van der Waals surface area (Å²) in [7, 11) is -5.72. The third kappa shape index (κ3) is 8.89. The molecule has 0 saturated carbocycles. The molecule has 15 heteroatoms. The Hall–Kier alpha value is -2.81. The van der Waals surface area contributed by atoms with E-state index in [4.69, 9.17) is 10.6 Å². The minimum Gasteiger partial charge on any atom is -0.460 e. The van der Waals surface area contributed by atoms with Gasteiger partial charge in [-0.3, -0.25) is 4.72 Å². The number of unbranched alkanes of at least 4 members (excludes halogenated alkanes) is 2. The van der Waals surface area contributed by atoms with Gasteiger partial charge >= 0.3 is 21.5 Å². The molecule has 1 aromatic carbocycles. The average molecular weight is 579 g/mol. The number of carbonyl (C=O) groups is 1. The van der Waals surface area contributed by atoms with Crippen LogP contribution >= 0.6 is 11.8 Å². The Morgan fingerprint density at radius 2 is 2.03 bits per heavy atom. The lowest BCUT2D eigenvalue weighted by molar-refractivity contribution is -0.136. The number of azo groups is 1. The van der Waals surface area contributed by atoms with Crippen LogP contribution in [0.15, 0.2) is 39.1 Å². The molecule has 10 nitrogen and oxygen atoms in total. The maximum absolute atomic E-state index is 13.2. The summed E-state index contributed by atoms with van der Waals surface area (Å²) in [6, 6.07) is 2.86. The van der Waals surface area contributed by atoms with Crippen molar-refractivity contribution in [1.82, 2.24) is 0 Å². The molecule has 0 atom stereocenters. The first-order chi connectivity index (χ1) is 17.8. The normalized spacial score (nSPS) is 14.6. The molecule has 212 valence electrons. The fourth-order valence-electron chi connectivity index (χ4n) is 3.51. The van der Waals surface area contributed by atoms with E-state index >= 15 is 0 Å². The quantitative estimate of drug-likeness (QED) is 0.0658. The van der Waals surface area contributed by atoms with E-state index in [0.717, 1.165) is 31.2 Å². The fraction of sp³-hybridized carbons (Fsp3) is 0.565. The number of hydrogen-bond acceptors (Lipinski definition) is 10. The van der Waals surface area contributed by atoms with Gasteiger partial charge in [-0.15, -0.1) is 10.2 Å². The van der Waals surface area contributed by atoms with Crippen molar-refractivity contribution in [2.45, 2.75) is 58.4 Å². The highest BCUT2D eigenvalue weighted by Gasteiger charge is 2.46. The van der Waals surface area contributed by atoms with Gasteiger partial charge in [-0.05, 0) is 54.6 Å². The van der Waals surface area contributed by atoms with Crippen LogP contribution in [0.1, 0.15) is 52.0 Å². The summed E-state index contributed by atoms with van der Waals surface area (Å²) in [6.07, 6.45) is 4.34. The molecule has 2 rings (SSSR count).